The molecule has 0 bridgehead atoms. The average Bonchev–Trinajstić information content (AvgIpc) is 2.50. The molecule has 0 amide bonds. The second-order valence-corrected chi connectivity index (χ2v) is 7.11. The van der Waals surface area contributed by atoms with Crippen molar-refractivity contribution in [2.75, 3.05) is 10.5 Å². The van der Waals surface area contributed by atoms with Crippen LogP contribution in [0.5, 0.6) is 0 Å². The first kappa shape index (κ1) is 15.3. The molecule has 3 aromatic rings. The maximum absolute atomic E-state index is 12.7. The van der Waals surface area contributed by atoms with Crippen molar-refractivity contribution in [1.82, 2.24) is 4.98 Å². The molecule has 0 fully saturated rings. The third-order valence-corrected chi connectivity index (χ3v) is 5.11. The van der Waals surface area contributed by atoms with Gasteiger partial charge in [0.15, 0.2) is 0 Å². The van der Waals surface area contributed by atoms with E-state index in [9.17, 15) is 8.42 Å². The van der Waals surface area contributed by atoms with E-state index in [-0.39, 0.29) is 4.90 Å². The van der Waals surface area contributed by atoms with Crippen LogP contribution in [-0.4, -0.2) is 13.4 Å². The third-order valence-electron chi connectivity index (χ3n) is 3.61. The first-order valence-corrected chi connectivity index (χ1v) is 8.60. The number of hydrogen-bond donors (Lipinski definition) is 2. The van der Waals surface area contributed by atoms with Crippen molar-refractivity contribution in [2.45, 2.75) is 18.7 Å². The van der Waals surface area contributed by atoms with E-state index in [1.54, 1.807) is 31.2 Å². The summed E-state index contributed by atoms with van der Waals surface area (Å²) in [5, 5.41) is 0.875. The molecular formula is C17H17N3O2S. The molecule has 0 saturated heterocycles. The number of nitrogens with one attached hydrogen (secondary N) is 1. The Labute approximate surface area is 135 Å². The first-order valence-electron chi connectivity index (χ1n) is 7.12. The topological polar surface area (TPSA) is 85.1 Å². The highest BCUT2D eigenvalue weighted by molar-refractivity contribution is 7.92. The van der Waals surface area contributed by atoms with Crippen LogP contribution in [0.4, 0.5) is 11.4 Å². The lowest BCUT2D eigenvalue weighted by atomic mass is 10.2. The van der Waals surface area contributed by atoms with Gasteiger partial charge in [-0.05, 0) is 43.7 Å². The molecule has 3 rings (SSSR count). The molecule has 3 N–H and O–H groups in total. The molecule has 6 heteroatoms. The van der Waals surface area contributed by atoms with Crippen LogP contribution >= 0.6 is 0 Å². The van der Waals surface area contributed by atoms with Crippen LogP contribution in [0, 0.1) is 13.8 Å². The van der Waals surface area contributed by atoms with Gasteiger partial charge in [-0.25, -0.2) is 8.42 Å². The highest BCUT2D eigenvalue weighted by atomic mass is 32.2. The van der Waals surface area contributed by atoms with Gasteiger partial charge in [0.2, 0.25) is 0 Å². The number of fused-ring (bicyclic) bond motifs is 1. The Bertz CT molecular complexity index is 998. The molecule has 1 aromatic heterocycles. The van der Waals surface area contributed by atoms with Crippen LogP contribution in [0.2, 0.25) is 0 Å². The molecule has 0 spiro atoms. The van der Waals surface area contributed by atoms with Gasteiger partial charge in [-0.2, -0.15) is 0 Å². The summed E-state index contributed by atoms with van der Waals surface area (Å²) in [6, 6.07) is 14.0. The van der Waals surface area contributed by atoms with Crippen LogP contribution in [0.3, 0.4) is 0 Å². The van der Waals surface area contributed by atoms with Crippen LogP contribution in [0.1, 0.15) is 11.3 Å². The number of pyridine rings is 1. The minimum absolute atomic E-state index is 0.169. The zero-order valence-corrected chi connectivity index (χ0v) is 13.7. The van der Waals surface area contributed by atoms with E-state index in [1.165, 1.54) is 6.07 Å². The highest BCUT2D eigenvalue weighted by Gasteiger charge is 2.18. The number of nitrogens with zero attached hydrogens (tertiary/aromatic N) is 1. The lowest BCUT2D eigenvalue weighted by Gasteiger charge is -2.12. The Balaban J connectivity index is 2.11. The van der Waals surface area contributed by atoms with E-state index in [1.807, 2.05) is 25.1 Å². The van der Waals surface area contributed by atoms with Gasteiger partial charge in [0.25, 0.3) is 10.0 Å². The van der Waals surface area contributed by atoms with Crippen molar-refractivity contribution < 1.29 is 8.42 Å². The van der Waals surface area contributed by atoms with E-state index in [4.69, 9.17) is 5.73 Å². The number of benzene rings is 2. The molecular weight excluding hydrogens is 310 g/mol. The van der Waals surface area contributed by atoms with E-state index in [0.717, 1.165) is 11.1 Å². The van der Waals surface area contributed by atoms with Crippen molar-refractivity contribution in [2.24, 2.45) is 0 Å². The summed E-state index contributed by atoms with van der Waals surface area (Å²) in [5.41, 5.74) is 8.66. The normalized spacial score (nSPS) is 11.6. The van der Waals surface area contributed by atoms with Crippen LogP contribution in [0.15, 0.2) is 53.4 Å². The van der Waals surface area contributed by atoms with Gasteiger partial charge in [-0.1, -0.05) is 24.3 Å². The van der Waals surface area contributed by atoms with Crippen LogP contribution < -0.4 is 10.5 Å². The second-order valence-electron chi connectivity index (χ2n) is 5.46. The van der Waals surface area contributed by atoms with Crippen molar-refractivity contribution in [3.05, 3.63) is 59.8 Å². The predicted octanol–water partition coefficient (Wildman–Crippen LogP) is 3.23. The Morgan fingerprint density at radius 2 is 1.83 bits per heavy atom. The SMILES string of the molecule is Cc1ccc2cccc(NS(=O)(=O)c3cc(N)ccc3C)c2n1. The number of rotatable bonds is 3. The quantitative estimate of drug-likeness (QED) is 0.723. The highest BCUT2D eigenvalue weighted by Crippen LogP contribution is 2.26. The fourth-order valence-electron chi connectivity index (χ4n) is 2.43. The summed E-state index contributed by atoms with van der Waals surface area (Å²) in [5.74, 6) is 0. The molecule has 0 aliphatic carbocycles. The Kier molecular flexibility index (Phi) is 3.69. The maximum Gasteiger partial charge on any atom is 0.262 e. The molecule has 2 aromatic carbocycles. The monoisotopic (exact) mass is 327 g/mol. The number of aryl methyl sites for hydroxylation is 2. The van der Waals surface area contributed by atoms with Gasteiger partial charge in [-0.15, -0.1) is 0 Å². The summed E-state index contributed by atoms with van der Waals surface area (Å²) < 4.78 is 28.0. The molecule has 118 valence electrons. The number of hydrogen-bond acceptors (Lipinski definition) is 4. The van der Waals surface area contributed by atoms with E-state index in [2.05, 4.69) is 9.71 Å². The minimum atomic E-state index is -3.74. The molecule has 0 atom stereocenters. The molecule has 1 heterocycles. The van der Waals surface area contributed by atoms with Gasteiger partial charge in [0.05, 0.1) is 16.1 Å². The predicted molar refractivity (Wildman–Crippen MR) is 92.9 cm³/mol. The minimum Gasteiger partial charge on any atom is -0.399 e. The average molecular weight is 327 g/mol. The number of aromatic nitrogens is 1. The van der Waals surface area contributed by atoms with Crippen molar-refractivity contribution in [3.63, 3.8) is 0 Å². The van der Waals surface area contributed by atoms with Crippen molar-refractivity contribution >= 4 is 32.3 Å². The van der Waals surface area contributed by atoms with Crippen molar-refractivity contribution in [3.8, 4) is 0 Å². The largest absolute Gasteiger partial charge is 0.399 e. The smallest absolute Gasteiger partial charge is 0.262 e. The summed E-state index contributed by atoms with van der Waals surface area (Å²) in [7, 11) is -3.74. The number of anilines is 2. The van der Waals surface area contributed by atoms with E-state index >= 15 is 0 Å². The van der Waals surface area contributed by atoms with Gasteiger partial charge in [0.1, 0.15) is 0 Å². The van der Waals surface area contributed by atoms with Crippen LogP contribution in [-0.2, 0) is 10.0 Å². The van der Waals surface area contributed by atoms with Gasteiger partial charge in [0, 0.05) is 16.8 Å². The second kappa shape index (κ2) is 5.55. The van der Waals surface area contributed by atoms with Crippen molar-refractivity contribution in [1.29, 1.82) is 0 Å². The third kappa shape index (κ3) is 2.98. The van der Waals surface area contributed by atoms with Gasteiger partial charge >= 0.3 is 0 Å². The number of nitrogens with two attached hydrogens (primary N) is 1. The molecule has 0 aliphatic rings. The molecule has 0 unspecified atom stereocenters. The molecule has 0 radical (unpaired) electrons. The number of nitrogen functional groups attached to an aromatic ring is 1. The summed E-state index contributed by atoms with van der Waals surface area (Å²) >= 11 is 0. The van der Waals surface area contributed by atoms with E-state index < -0.39 is 10.0 Å². The standard InChI is InChI=1S/C17H17N3O2S/c1-11-6-9-14(18)10-16(11)23(21,22)20-15-5-3-4-13-8-7-12(2)19-17(13)15/h3-10,20H,18H2,1-2H3. The summed E-state index contributed by atoms with van der Waals surface area (Å²) in [6.45, 7) is 3.60. The molecule has 23 heavy (non-hydrogen) atoms. The van der Waals surface area contributed by atoms with Crippen LogP contribution in [0.25, 0.3) is 10.9 Å². The first-order chi connectivity index (χ1) is 10.9. The summed E-state index contributed by atoms with van der Waals surface area (Å²) in [4.78, 5) is 4.61. The summed E-state index contributed by atoms with van der Waals surface area (Å²) in [6.07, 6.45) is 0. The maximum atomic E-state index is 12.7. The Morgan fingerprint density at radius 1 is 1.04 bits per heavy atom. The Morgan fingerprint density at radius 3 is 2.61 bits per heavy atom. The number of para-hydroxylation sites is 1. The molecule has 0 saturated carbocycles. The zero-order chi connectivity index (χ0) is 16.6. The van der Waals surface area contributed by atoms with Gasteiger partial charge in [-0.3, -0.25) is 9.71 Å². The Hall–Kier alpha value is -2.60. The number of sulfonamides is 1. The molecule has 5 nitrogen and oxygen atoms in total. The fourth-order valence-corrected chi connectivity index (χ4v) is 3.78. The lowest BCUT2D eigenvalue weighted by Crippen LogP contribution is -2.15. The van der Waals surface area contributed by atoms with Gasteiger partial charge < -0.3 is 5.73 Å². The van der Waals surface area contributed by atoms with E-state index in [0.29, 0.717) is 22.5 Å². The lowest BCUT2D eigenvalue weighted by molar-refractivity contribution is 0.600. The zero-order valence-electron chi connectivity index (χ0n) is 12.9. The fraction of sp³-hybridized carbons (Fsp3) is 0.118. The molecule has 0 aliphatic heterocycles.